The standard InChI is InChI=1S/C19H28N6O.HI/c1-3-6-18(26)24-17-9-7-16(8-10-17)15-22-19(20-2)21-11-4-13-25-14-5-12-23-25;/h5,7-10,12,14H,3-4,6,11,13,15H2,1-2H3,(H,24,26)(H2,20,21,22);1H. The maximum absolute atomic E-state index is 11.6. The van der Waals surface area contributed by atoms with Crippen molar-refractivity contribution in [1.29, 1.82) is 0 Å². The number of hydrogen-bond donors (Lipinski definition) is 3. The Kier molecular flexibility index (Phi) is 11.2. The van der Waals surface area contributed by atoms with E-state index in [0.29, 0.717) is 13.0 Å². The number of benzene rings is 1. The summed E-state index contributed by atoms with van der Waals surface area (Å²) in [7, 11) is 1.76. The van der Waals surface area contributed by atoms with Crippen LogP contribution in [-0.4, -0.2) is 35.2 Å². The van der Waals surface area contributed by atoms with Crippen molar-refractivity contribution in [3.63, 3.8) is 0 Å². The Bertz CT molecular complexity index is 685. The molecule has 0 fully saturated rings. The number of aromatic nitrogens is 2. The summed E-state index contributed by atoms with van der Waals surface area (Å²) in [5, 5.41) is 13.7. The van der Waals surface area contributed by atoms with Crippen molar-refractivity contribution in [1.82, 2.24) is 20.4 Å². The van der Waals surface area contributed by atoms with Gasteiger partial charge < -0.3 is 16.0 Å². The molecule has 0 radical (unpaired) electrons. The van der Waals surface area contributed by atoms with Gasteiger partial charge in [-0.1, -0.05) is 19.1 Å². The summed E-state index contributed by atoms with van der Waals surface area (Å²) in [6.45, 7) is 4.36. The highest BCUT2D eigenvalue weighted by atomic mass is 127. The summed E-state index contributed by atoms with van der Waals surface area (Å²) >= 11 is 0. The quantitative estimate of drug-likeness (QED) is 0.221. The predicted octanol–water partition coefficient (Wildman–Crippen LogP) is 3.00. The second kappa shape index (κ2) is 13.1. The van der Waals surface area contributed by atoms with Crippen LogP contribution in [0, 0.1) is 0 Å². The highest BCUT2D eigenvalue weighted by Gasteiger charge is 2.02. The van der Waals surface area contributed by atoms with Crippen molar-refractivity contribution < 1.29 is 4.79 Å². The van der Waals surface area contributed by atoms with Gasteiger partial charge >= 0.3 is 0 Å². The third kappa shape index (κ3) is 8.89. The summed E-state index contributed by atoms with van der Waals surface area (Å²) in [5.41, 5.74) is 1.95. The molecule has 1 aromatic heterocycles. The fraction of sp³-hybridized carbons (Fsp3) is 0.421. The van der Waals surface area contributed by atoms with Gasteiger partial charge in [0.05, 0.1) is 0 Å². The first kappa shape index (κ1) is 22.9. The summed E-state index contributed by atoms with van der Waals surface area (Å²) in [6.07, 6.45) is 6.11. The third-order valence-corrected chi connectivity index (χ3v) is 3.81. The van der Waals surface area contributed by atoms with Gasteiger partial charge in [0, 0.05) is 51.2 Å². The molecule has 0 unspecified atom stereocenters. The van der Waals surface area contributed by atoms with Crippen LogP contribution < -0.4 is 16.0 Å². The molecular formula is C19H29IN6O. The number of nitrogens with one attached hydrogen (secondary N) is 3. The molecule has 0 aliphatic heterocycles. The van der Waals surface area contributed by atoms with Gasteiger partial charge in [0.2, 0.25) is 5.91 Å². The average Bonchev–Trinajstić information content (AvgIpc) is 3.16. The maximum Gasteiger partial charge on any atom is 0.224 e. The summed E-state index contributed by atoms with van der Waals surface area (Å²) < 4.78 is 1.92. The van der Waals surface area contributed by atoms with Crippen LogP contribution in [0.2, 0.25) is 0 Å². The normalized spacial score (nSPS) is 10.8. The van der Waals surface area contributed by atoms with Gasteiger partial charge in [-0.3, -0.25) is 14.5 Å². The van der Waals surface area contributed by atoms with E-state index in [1.165, 1.54) is 0 Å². The van der Waals surface area contributed by atoms with E-state index in [1.807, 2.05) is 48.1 Å². The highest BCUT2D eigenvalue weighted by molar-refractivity contribution is 14.0. The molecular weight excluding hydrogens is 455 g/mol. The number of guanidine groups is 1. The molecule has 1 amide bonds. The number of aryl methyl sites for hydroxylation is 1. The van der Waals surface area contributed by atoms with Gasteiger partial charge in [-0.2, -0.15) is 5.10 Å². The molecule has 0 saturated carbocycles. The summed E-state index contributed by atoms with van der Waals surface area (Å²) in [6, 6.07) is 9.77. The minimum absolute atomic E-state index is 0. The highest BCUT2D eigenvalue weighted by Crippen LogP contribution is 2.10. The molecule has 0 atom stereocenters. The number of amides is 1. The minimum atomic E-state index is 0. The molecule has 7 nitrogen and oxygen atoms in total. The topological polar surface area (TPSA) is 83.3 Å². The number of carbonyl (C=O) groups is 1. The van der Waals surface area contributed by atoms with Gasteiger partial charge in [-0.25, -0.2) is 0 Å². The fourth-order valence-electron chi connectivity index (χ4n) is 2.44. The third-order valence-electron chi connectivity index (χ3n) is 3.81. The van der Waals surface area contributed by atoms with Crippen molar-refractivity contribution >= 4 is 41.5 Å². The van der Waals surface area contributed by atoms with Gasteiger partial charge in [0.1, 0.15) is 0 Å². The van der Waals surface area contributed by atoms with Gasteiger partial charge in [-0.05, 0) is 36.6 Å². The van der Waals surface area contributed by atoms with E-state index in [2.05, 4.69) is 26.0 Å². The first-order valence-electron chi connectivity index (χ1n) is 9.02. The molecule has 3 N–H and O–H groups in total. The molecule has 27 heavy (non-hydrogen) atoms. The Labute approximate surface area is 178 Å². The van der Waals surface area contributed by atoms with Crippen LogP contribution in [0.4, 0.5) is 5.69 Å². The molecule has 1 aromatic carbocycles. The molecule has 0 aliphatic carbocycles. The lowest BCUT2D eigenvalue weighted by atomic mass is 10.2. The molecule has 0 spiro atoms. The summed E-state index contributed by atoms with van der Waals surface area (Å²) in [4.78, 5) is 15.8. The largest absolute Gasteiger partial charge is 0.356 e. The number of rotatable bonds is 9. The second-order valence-electron chi connectivity index (χ2n) is 5.97. The number of hydrogen-bond acceptors (Lipinski definition) is 3. The van der Waals surface area contributed by atoms with Crippen LogP contribution in [0.3, 0.4) is 0 Å². The second-order valence-corrected chi connectivity index (χ2v) is 5.97. The number of halogens is 1. The van der Waals surface area contributed by atoms with Crippen molar-refractivity contribution in [2.75, 3.05) is 18.9 Å². The number of aliphatic imine (C=N–C) groups is 1. The Hall–Kier alpha value is -2.10. The Morgan fingerprint density at radius 2 is 2.00 bits per heavy atom. The SMILES string of the molecule is CCCC(=O)Nc1ccc(CNC(=NC)NCCCn2cccn2)cc1.I. The van der Waals surface area contributed by atoms with Crippen molar-refractivity contribution in [3.8, 4) is 0 Å². The lowest BCUT2D eigenvalue weighted by Crippen LogP contribution is -2.37. The molecule has 1 heterocycles. The summed E-state index contributed by atoms with van der Waals surface area (Å²) in [5.74, 6) is 0.823. The van der Waals surface area contributed by atoms with Crippen molar-refractivity contribution in [3.05, 3.63) is 48.3 Å². The van der Waals surface area contributed by atoms with Crippen LogP contribution in [0.1, 0.15) is 31.7 Å². The fourth-order valence-corrected chi connectivity index (χ4v) is 2.44. The van der Waals surface area contributed by atoms with E-state index in [0.717, 1.165) is 43.1 Å². The van der Waals surface area contributed by atoms with Crippen LogP contribution in [0.15, 0.2) is 47.7 Å². The molecule has 0 aliphatic rings. The Balaban J connectivity index is 0.00000364. The number of anilines is 1. The lowest BCUT2D eigenvalue weighted by molar-refractivity contribution is -0.116. The van der Waals surface area contributed by atoms with E-state index in [-0.39, 0.29) is 29.9 Å². The first-order chi connectivity index (χ1) is 12.7. The van der Waals surface area contributed by atoms with Crippen LogP contribution >= 0.6 is 24.0 Å². The van der Waals surface area contributed by atoms with E-state index in [4.69, 9.17) is 0 Å². The number of nitrogens with zero attached hydrogens (tertiary/aromatic N) is 3. The lowest BCUT2D eigenvalue weighted by Gasteiger charge is -2.12. The van der Waals surface area contributed by atoms with E-state index in [9.17, 15) is 4.79 Å². The zero-order valence-corrected chi connectivity index (χ0v) is 18.3. The average molecular weight is 484 g/mol. The molecule has 148 valence electrons. The van der Waals surface area contributed by atoms with Crippen molar-refractivity contribution in [2.24, 2.45) is 4.99 Å². The van der Waals surface area contributed by atoms with E-state index >= 15 is 0 Å². The Morgan fingerprint density at radius 1 is 1.22 bits per heavy atom. The van der Waals surface area contributed by atoms with Crippen LogP contribution in [0.5, 0.6) is 0 Å². The monoisotopic (exact) mass is 484 g/mol. The zero-order valence-electron chi connectivity index (χ0n) is 15.9. The predicted molar refractivity (Wildman–Crippen MR) is 120 cm³/mol. The molecule has 2 rings (SSSR count). The Morgan fingerprint density at radius 3 is 2.63 bits per heavy atom. The minimum Gasteiger partial charge on any atom is -0.356 e. The maximum atomic E-state index is 11.6. The number of carbonyl (C=O) groups excluding carboxylic acids is 1. The molecule has 0 saturated heterocycles. The van der Waals surface area contributed by atoms with Gasteiger partial charge in [0.15, 0.2) is 5.96 Å². The molecule has 2 aromatic rings. The zero-order chi connectivity index (χ0) is 18.6. The van der Waals surface area contributed by atoms with Gasteiger partial charge in [0.25, 0.3) is 0 Å². The van der Waals surface area contributed by atoms with Gasteiger partial charge in [-0.15, -0.1) is 24.0 Å². The molecule has 0 bridgehead atoms. The van der Waals surface area contributed by atoms with Crippen LogP contribution in [0.25, 0.3) is 0 Å². The molecule has 8 heteroatoms. The van der Waals surface area contributed by atoms with Crippen LogP contribution in [-0.2, 0) is 17.9 Å². The first-order valence-corrected chi connectivity index (χ1v) is 9.02. The van der Waals surface area contributed by atoms with E-state index in [1.54, 1.807) is 13.2 Å². The smallest absolute Gasteiger partial charge is 0.224 e. The van der Waals surface area contributed by atoms with Crippen molar-refractivity contribution in [2.45, 2.75) is 39.3 Å². The van der Waals surface area contributed by atoms with E-state index < -0.39 is 0 Å².